The predicted molar refractivity (Wildman–Crippen MR) is 109 cm³/mol. The number of aryl methyl sites for hydroxylation is 1. The van der Waals surface area contributed by atoms with Gasteiger partial charge in [-0.05, 0) is 43.7 Å². The van der Waals surface area contributed by atoms with E-state index in [0.717, 1.165) is 5.56 Å². The van der Waals surface area contributed by atoms with Crippen LogP contribution >= 0.6 is 23.2 Å². The molecule has 0 atom stereocenters. The van der Waals surface area contributed by atoms with Gasteiger partial charge in [0.25, 0.3) is 5.91 Å². The second kappa shape index (κ2) is 8.63. The summed E-state index contributed by atoms with van der Waals surface area (Å²) in [5.41, 5.74) is 2.21. The topological polar surface area (TPSA) is 52.7 Å². The summed E-state index contributed by atoms with van der Waals surface area (Å²) in [5.74, 6) is -0.00107. The predicted octanol–water partition coefficient (Wildman–Crippen LogP) is 4.68. The highest BCUT2D eigenvalue weighted by molar-refractivity contribution is 6.35. The van der Waals surface area contributed by atoms with Gasteiger partial charge in [0.05, 0.1) is 10.7 Å². The van der Waals surface area contributed by atoms with Gasteiger partial charge in [-0.3, -0.25) is 4.79 Å². The third-order valence-corrected chi connectivity index (χ3v) is 5.07. The molecular weight excluding hydrogens is 385 g/mol. The quantitative estimate of drug-likeness (QED) is 0.787. The van der Waals surface area contributed by atoms with E-state index in [1.54, 1.807) is 28.0 Å². The monoisotopic (exact) mass is 405 g/mol. The van der Waals surface area contributed by atoms with Crippen molar-refractivity contribution in [1.29, 1.82) is 0 Å². The van der Waals surface area contributed by atoms with Crippen LogP contribution in [0.5, 0.6) is 0 Å². The van der Waals surface area contributed by atoms with Crippen LogP contribution in [0.25, 0.3) is 0 Å². The van der Waals surface area contributed by atoms with Gasteiger partial charge >= 0.3 is 6.03 Å². The van der Waals surface area contributed by atoms with Crippen LogP contribution in [-0.2, 0) is 0 Å². The summed E-state index contributed by atoms with van der Waals surface area (Å²) in [6.07, 6.45) is 0.717. The van der Waals surface area contributed by atoms with Gasteiger partial charge in [-0.2, -0.15) is 0 Å². The van der Waals surface area contributed by atoms with Crippen LogP contribution in [0.1, 0.15) is 22.3 Å². The smallest absolute Gasteiger partial charge is 0.321 e. The van der Waals surface area contributed by atoms with Crippen molar-refractivity contribution >= 4 is 40.8 Å². The molecule has 2 aromatic rings. The van der Waals surface area contributed by atoms with Crippen molar-refractivity contribution in [2.45, 2.75) is 13.3 Å². The lowest BCUT2D eigenvalue weighted by atomic mass is 10.1. The van der Waals surface area contributed by atoms with Gasteiger partial charge in [0.1, 0.15) is 0 Å². The van der Waals surface area contributed by atoms with Gasteiger partial charge in [-0.25, -0.2) is 4.79 Å². The third-order valence-electron chi connectivity index (χ3n) is 4.51. The van der Waals surface area contributed by atoms with Gasteiger partial charge < -0.3 is 15.1 Å². The van der Waals surface area contributed by atoms with Gasteiger partial charge in [0.2, 0.25) is 0 Å². The summed E-state index contributed by atoms with van der Waals surface area (Å²) in [6.45, 7) is 4.10. The molecule has 2 aromatic carbocycles. The van der Waals surface area contributed by atoms with E-state index in [2.05, 4.69) is 5.32 Å². The fraction of sp³-hybridized carbons (Fsp3) is 0.300. The fourth-order valence-corrected chi connectivity index (χ4v) is 3.41. The van der Waals surface area contributed by atoms with Crippen molar-refractivity contribution in [3.8, 4) is 0 Å². The molecule has 5 nitrogen and oxygen atoms in total. The Kier molecular flexibility index (Phi) is 6.24. The number of amides is 3. The average Bonchev–Trinajstić information content (AvgIpc) is 2.90. The van der Waals surface area contributed by atoms with Crippen LogP contribution in [0.3, 0.4) is 0 Å². The summed E-state index contributed by atoms with van der Waals surface area (Å²) in [4.78, 5) is 28.8. The Morgan fingerprint density at radius 2 is 1.70 bits per heavy atom. The molecule has 0 aromatic heterocycles. The van der Waals surface area contributed by atoms with Crippen molar-refractivity contribution in [2.24, 2.45) is 0 Å². The van der Waals surface area contributed by atoms with Crippen LogP contribution in [0, 0.1) is 6.92 Å². The molecule has 27 heavy (non-hydrogen) atoms. The molecule has 1 aliphatic heterocycles. The Labute approximate surface area is 168 Å². The van der Waals surface area contributed by atoms with Crippen LogP contribution in [0.4, 0.5) is 10.5 Å². The van der Waals surface area contributed by atoms with Gasteiger partial charge in [0, 0.05) is 36.8 Å². The van der Waals surface area contributed by atoms with Crippen LogP contribution in [0.2, 0.25) is 10.0 Å². The maximum Gasteiger partial charge on any atom is 0.321 e. The van der Waals surface area contributed by atoms with Crippen molar-refractivity contribution in [2.75, 3.05) is 31.5 Å². The van der Waals surface area contributed by atoms with Crippen molar-refractivity contribution in [3.63, 3.8) is 0 Å². The van der Waals surface area contributed by atoms with Gasteiger partial charge in [0.15, 0.2) is 0 Å². The molecular formula is C20H21Cl2N3O2. The number of nitrogens with zero attached hydrogens (tertiary/aromatic N) is 2. The maximum atomic E-state index is 12.7. The Hall–Kier alpha value is -2.24. The zero-order valence-corrected chi connectivity index (χ0v) is 16.6. The number of anilines is 1. The Morgan fingerprint density at radius 1 is 0.963 bits per heavy atom. The average molecular weight is 406 g/mol. The van der Waals surface area contributed by atoms with Crippen LogP contribution in [0.15, 0.2) is 42.5 Å². The lowest BCUT2D eigenvalue weighted by molar-refractivity contribution is 0.0762. The number of benzene rings is 2. The molecule has 142 valence electrons. The lowest BCUT2D eigenvalue weighted by Gasteiger charge is -2.23. The molecule has 1 saturated heterocycles. The van der Waals surface area contributed by atoms with Gasteiger partial charge in [-0.1, -0.05) is 40.9 Å². The first-order valence-electron chi connectivity index (χ1n) is 8.81. The highest BCUT2D eigenvalue weighted by Crippen LogP contribution is 2.25. The molecule has 1 fully saturated rings. The largest absolute Gasteiger partial charge is 0.337 e. The molecule has 1 aliphatic rings. The first-order valence-corrected chi connectivity index (χ1v) is 9.56. The number of carbonyl (C=O) groups excluding carboxylic acids is 2. The minimum atomic E-state index is -0.246. The minimum Gasteiger partial charge on any atom is -0.337 e. The number of urea groups is 1. The fourth-order valence-electron chi connectivity index (χ4n) is 3.07. The molecule has 0 aliphatic carbocycles. The number of nitrogens with one attached hydrogen (secondary N) is 1. The number of carbonyl (C=O) groups is 2. The first-order chi connectivity index (χ1) is 12.9. The van der Waals surface area contributed by atoms with E-state index in [4.69, 9.17) is 23.2 Å². The summed E-state index contributed by atoms with van der Waals surface area (Å²) in [7, 11) is 0. The summed E-state index contributed by atoms with van der Waals surface area (Å²) in [5, 5.41) is 3.73. The molecule has 3 amide bonds. The summed E-state index contributed by atoms with van der Waals surface area (Å²) >= 11 is 12.1. The maximum absolute atomic E-state index is 12.7. The molecule has 1 heterocycles. The minimum absolute atomic E-state index is 0.00107. The zero-order chi connectivity index (χ0) is 19.4. The van der Waals surface area contributed by atoms with Crippen LogP contribution in [-0.4, -0.2) is 47.9 Å². The number of rotatable bonds is 2. The molecule has 3 rings (SSSR count). The Bertz CT molecular complexity index is 857. The Morgan fingerprint density at radius 3 is 2.48 bits per heavy atom. The second-order valence-electron chi connectivity index (χ2n) is 6.56. The third kappa shape index (κ3) is 4.93. The van der Waals surface area contributed by atoms with E-state index in [1.165, 1.54) is 0 Å². The molecule has 0 saturated carbocycles. The lowest BCUT2D eigenvalue weighted by Crippen LogP contribution is -2.39. The van der Waals surface area contributed by atoms with E-state index >= 15 is 0 Å². The second-order valence-corrected chi connectivity index (χ2v) is 7.40. The van der Waals surface area contributed by atoms with Crippen LogP contribution < -0.4 is 5.32 Å². The number of hydrogen-bond donors (Lipinski definition) is 1. The summed E-state index contributed by atoms with van der Waals surface area (Å²) in [6, 6.07) is 12.2. The molecule has 1 N–H and O–H groups in total. The van der Waals surface area contributed by atoms with E-state index in [-0.39, 0.29) is 11.9 Å². The molecule has 0 spiro atoms. The molecule has 0 radical (unpaired) electrons. The van der Waals surface area contributed by atoms with E-state index in [1.807, 2.05) is 31.2 Å². The van der Waals surface area contributed by atoms with Crippen molar-refractivity contribution < 1.29 is 9.59 Å². The van der Waals surface area contributed by atoms with Crippen molar-refractivity contribution in [1.82, 2.24) is 9.80 Å². The number of halogens is 2. The molecule has 0 bridgehead atoms. The van der Waals surface area contributed by atoms with E-state index < -0.39 is 0 Å². The Balaban J connectivity index is 1.63. The highest BCUT2D eigenvalue weighted by Gasteiger charge is 2.23. The first kappa shape index (κ1) is 19.5. The molecule has 0 unspecified atom stereocenters. The summed E-state index contributed by atoms with van der Waals surface area (Å²) < 4.78 is 0. The SMILES string of the molecule is Cc1cccc(C(=O)N2CCCN(C(=O)Nc3cc(Cl)ccc3Cl)CC2)c1. The molecule has 7 heteroatoms. The standard InChI is InChI=1S/C20H21Cl2N3O2/c1-14-4-2-5-15(12-14)19(26)24-8-3-9-25(11-10-24)20(27)23-18-13-16(21)6-7-17(18)22/h2,4-7,12-13H,3,8-11H2,1H3,(H,23,27). The highest BCUT2D eigenvalue weighted by atomic mass is 35.5. The van der Waals surface area contributed by atoms with Crippen molar-refractivity contribution in [3.05, 3.63) is 63.6 Å². The zero-order valence-electron chi connectivity index (χ0n) is 15.0. The van der Waals surface area contributed by atoms with E-state index in [9.17, 15) is 9.59 Å². The number of hydrogen-bond acceptors (Lipinski definition) is 2. The normalized spacial score (nSPS) is 14.6. The van der Waals surface area contributed by atoms with Gasteiger partial charge in [-0.15, -0.1) is 0 Å². The van der Waals surface area contributed by atoms with E-state index in [0.29, 0.717) is 53.9 Å².